The summed E-state index contributed by atoms with van der Waals surface area (Å²) in [4.78, 5) is 32.6. The van der Waals surface area contributed by atoms with Gasteiger partial charge in [0.05, 0.1) is 35.0 Å². The molecule has 1 N–H and O–H groups in total. The van der Waals surface area contributed by atoms with Gasteiger partial charge in [0.2, 0.25) is 0 Å². The smallest absolute Gasteiger partial charge is 0.253 e. The van der Waals surface area contributed by atoms with Gasteiger partial charge in [-0.15, -0.1) is 0 Å². The molecule has 1 fully saturated rings. The Morgan fingerprint density at radius 2 is 1.86 bits per heavy atom. The van der Waals surface area contributed by atoms with Crippen LogP contribution in [0.25, 0.3) is 16.6 Å². The minimum atomic E-state index is -0.314. The average molecular weight is 509 g/mol. The fourth-order valence-corrected chi connectivity index (χ4v) is 4.50. The van der Waals surface area contributed by atoms with Crippen molar-refractivity contribution in [1.29, 1.82) is 0 Å². The number of benzene rings is 2. The van der Waals surface area contributed by atoms with Gasteiger partial charge in [-0.05, 0) is 42.5 Å². The van der Waals surface area contributed by atoms with Gasteiger partial charge in [-0.2, -0.15) is 0 Å². The Balaban J connectivity index is 1.42. The number of para-hydroxylation sites is 1. The molecule has 1 saturated heterocycles. The standard InChI is InChI=1S/C26H22Cl2N4O3/c27-19-6-7-20-23(13-19)32(22-4-2-1-3-21(22)28)16-18(25(20)33)15-30-26(34)17-5-8-24(29-14-17)31-9-11-35-12-10-31/h1-8,13-14,16H,9-12,15H2,(H,30,34). The number of ether oxygens (including phenoxy) is 1. The van der Waals surface area contributed by atoms with Crippen LogP contribution < -0.4 is 15.6 Å². The van der Waals surface area contributed by atoms with Crippen molar-refractivity contribution in [3.63, 3.8) is 0 Å². The second-order valence-electron chi connectivity index (χ2n) is 8.15. The summed E-state index contributed by atoms with van der Waals surface area (Å²) in [5, 5.41) is 4.36. The number of hydrogen-bond acceptors (Lipinski definition) is 5. The molecule has 2 aromatic carbocycles. The van der Waals surface area contributed by atoms with Crippen LogP contribution in [0.3, 0.4) is 0 Å². The van der Waals surface area contributed by atoms with Crippen molar-refractivity contribution in [1.82, 2.24) is 14.9 Å². The van der Waals surface area contributed by atoms with Crippen molar-refractivity contribution < 1.29 is 9.53 Å². The predicted molar refractivity (Wildman–Crippen MR) is 138 cm³/mol. The predicted octanol–water partition coefficient (Wildman–Crippen LogP) is 4.46. The van der Waals surface area contributed by atoms with Gasteiger partial charge in [-0.1, -0.05) is 35.3 Å². The highest BCUT2D eigenvalue weighted by Gasteiger charge is 2.16. The minimum absolute atomic E-state index is 0.0475. The molecule has 7 nitrogen and oxygen atoms in total. The average Bonchev–Trinajstić information content (AvgIpc) is 2.89. The number of hydrogen-bond donors (Lipinski definition) is 1. The van der Waals surface area contributed by atoms with Gasteiger partial charge in [0.25, 0.3) is 5.91 Å². The Bertz CT molecular complexity index is 1450. The van der Waals surface area contributed by atoms with E-state index in [1.807, 2.05) is 28.8 Å². The van der Waals surface area contributed by atoms with Crippen LogP contribution in [0.4, 0.5) is 5.82 Å². The molecule has 0 aliphatic carbocycles. The molecule has 9 heteroatoms. The highest BCUT2D eigenvalue weighted by molar-refractivity contribution is 6.32. The number of anilines is 1. The molecule has 5 rings (SSSR count). The van der Waals surface area contributed by atoms with Crippen molar-refractivity contribution in [3.05, 3.63) is 98.4 Å². The monoisotopic (exact) mass is 508 g/mol. The van der Waals surface area contributed by atoms with Crippen LogP contribution in [0, 0.1) is 0 Å². The quantitative estimate of drug-likeness (QED) is 0.430. The molecule has 1 amide bonds. The molecule has 1 aliphatic heterocycles. The van der Waals surface area contributed by atoms with Gasteiger partial charge >= 0.3 is 0 Å². The summed E-state index contributed by atoms with van der Waals surface area (Å²) in [6.45, 7) is 2.90. The third-order valence-corrected chi connectivity index (χ3v) is 6.49. The SMILES string of the molecule is O=C(NCc1cn(-c2ccccc2Cl)c2cc(Cl)ccc2c1=O)c1ccc(N2CCOCC2)nc1. The summed E-state index contributed by atoms with van der Waals surface area (Å²) in [7, 11) is 0. The van der Waals surface area contributed by atoms with E-state index in [0.717, 1.165) is 18.9 Å². The van der Waals surface area contributed by atoms with Gasteiger partial charge in [0, 0.05) is 48.0 Å². The van der Waals surface area contributed by atoms with Crippen LogP contribution in [0.15, 0.2) is 71.8 Å². The summed E-state index contributed by atoms with van der Waals surface area (Å²) < 4.78 is 7.19. The zero-order valence-electron chi connectivity index (χ0n) is 18.7. The molecular formula is C26H22Cl2N4O3. The Labute approximate surface area is 211 Å². The third-order valence-electron chi connectivity index (χ3n) is 5.94. The van der Waals surface area contributed by atoms with E-state index in [2.05, 4.69) is 15.2 Å². The van der Waals surface area contributed by atoms with Crippen molar-refractivity contribution in [2.45, 2.75) is 6.54 Å². The molecule has 0 bridgehead atoms. The number of fused-ring (bicyclic) bond motifs is 1. The molecule has 1 aliphatic rings. The van der Waals surface area contributed by atoms with Crippen molar-refractivity contribution in [2.75, 3.05) is 31.2 Å². The van der Waals surface area contributed by atoms with E-state index in [9.17, 15) is 9.59 Å². The number of nitrogens with zero attached hydrogens (tertiary/aromatic N) is 3. The van der Waals surface area contributed by atoms with E-state index < -0.39 is 0 Å². The fourth-order valence-electron chi connectivity index (χ4n) is 4.10. The maximum Gasteiger partial charge on any atom is 0.253 e. The number of pyridine rings is 2. The Hall–Kier alpha value is -3.39. The zero-order valence-corrected chi connectivity index (χ0v) is 20.2. The number of nitrogens with one attached hydrogen (secondary N) is 1. The van der Waals surface area contributed by atoms with Crippen LogP contribution in [-0.4, -0.2) is 41.8 Å². The topological polar surface area (TPSA) is 76.5 Å². The highest BCUT2D eigenvalue weighted by Crippen LogP contribution is 2.26. The zero-order chi connectivity index (χ0) is 24.4. The summed E-state index contributed by atoms with van der Waals surface area (Å²) in [5.74, 6) is 0.492. The lowest BCUT2D eigenvalue weighted by Crippen LogP contribution is -2.36. The normalized spacial score (nSPS) is 13.7. The van der Waals surface area contributed by atoms with Gasteiger partial charge in [-0.3, -0.25) is 9.59 Å². The number of morpholine rings is 1. The molecule has 4 aromatic rings. The first-order valence-corrected chi connectivity index (χ1v) is 11.9. The number of rotatable bonds is 5. The molecule has 0 unspecified atom stereocenters. The number of halogens is 2. The van der Waals surface area contributed by atoms with E-state index in [4.69, 9.17) is 27.9 Å². The van der Waals surface area contributed by atoms with E-state index in [0.29, 0.717) is 51.0 Å². The third kappa shape index (κ3) is 4.89. The second-order valence-corrected chi connectivity index (χ2v) is 9.00. The fraction of sp³-hybridized carbons (Fsp3) is 0.192. The molecule has 2 aromatic heterocycles. The minimum Gasteiger partial charge on any atom is -0.378 e. The number of amides is 1. The molecule has 0 atom stereocenters. The van der Waals surface area contributed by atoms with E-state index in [-0.39, 0.29) is 17.9 Å². The maximum absolute atomic E-state index is 13.2. The van der Waals surface area contributed by atoms with E-state index >= 15 is 0 Å². The van der Waals surface area contributed by atoms with Crippen LogP contribution in [0.5, 0.6) is 0 Å². The molecular weight excluding hydrogens is 487 g/mol. The van der Waals surface area contributed by atoms with Gasteiger partial charge in [0.1, 0.15) is 5.82 Å². The van der Waals surface area contributed by atoms with E-state index in [1.54, 1.807) is 42.7 Å². The lowest BCUT2D eigenvalue weighted by Gasteiger charge is -2.27. The largest absolute Gasteiger partial charge is 0.378 e. The summed E-state index contributed by atoms with van der Waals surface area (Å²) in [5.41, 5.74) is 2.00. The lowest BCUT2D eigenvalue weighted by molar-refractivity contribution is 0.0950. The van der Waals surface area contributed by atoms with E-state index in [1.165, 1.54) is 0 Å². The van der Waals surface area contributed by atoms with Gasteiger partial charge in [-0.25, -0.2) is 4.98 Å². The van der Waals surface area contributed by atoms with Crippen molar-refractivity contribution in [3.8, 4) is 5.69 Å². The summed E-state index contributed by atoms with van der Waals surface area (Å²) in [6, 6.07) is 16.0. The Morgan fingerprint density at radius 1 is 1.06 bits per heavy atom. The van der Waals surface area contributed by atoms with Gasteiger partial charge < -0.3 is 19.5 Å². The Kier molecular flexibility index (Phi) is 6.72. The highest BCUT2D eigenvalue weighted by atomic mass is 35.5. The lowest BCUT2D eigenvalue weighted by atomic mass is 10.1. The van der Waals surface area contributed by atoms with Crippen LogP contribution in [-0.2, 0) is 11.3 Å². The summed E-state index contributed by atoms with van der Waals surface area (Å²) in [6.07, 6.45) is 3.24. The molecule has 178 valence electrons. The van der Waals surface area contributed by atoms with Gasteiger partial charge in [0.15, 0.2) is 5.43 Å². The first-order chi connectivity index (χ1) is 17.0. The molecule has 0 saturated carbocycles. The van der Waals surface area contributed by atoms with Crippen molar-refractivity contribution >= 4 is 45.8 Å². The summed E-state index contributed by atoms with van der Waals surface area (Å²) >= 11 is 12.7. The van der Waals surface area contributed by atoms with Crippen molar-refractivity contribution in [2.24, 2.45) is 0 Å². The molecule has 3 heterocycles. The Morgan fingerprint density at radius 3 is 2.60 bits per heavy atom. The number of carbonyl (C=O) groups is 1. The number of carbonyl (C=O) groups excluding carboxylic acids is 1. The first kappa shape index (κ1) is 23.4. The number of aromatic nitrogens is 2. The van der Waals surface area contributed by atoms with Crippen LogP contribution in [0.2, 0.25) is 10.0 Å². The van der Waals surface area contributed by atoms with Crippen LogP contribution in [0.1, 0.15) is 15.9 Å². The second kappa shape index (κ2) is 10.1. The van der Waals surface area contributed by atoms with Crippen LogP contribution >= 0.6 is 23.2 Å². The molecule has 0 spiro atoms. The maximum atomic E-state index is 13.2. The molecule has 0 radical (unpaired) electrons. The molecule has 35 heavy (non-hydrogen) atoms. The first-order valence-electron chi connectivity index (χ1n) is 11.2.